The van der Waals surface area contributed by atoms with Crippen LogP contribution in [0.5, 0.6) is 0 Å². The Balaban J connectivity index is 1.80. The molecule has 7 nitrogen and oxygen atoms in total. The van der Waals surface area contributed by atoms with Crippen molar-refractivity contribution in [3.8, 4) is 0 Å². The zero-order valence-corrected chi connectivity index (χ0v) is 16.7. The maximum absolute atomic E-state index is 15.7. The molecule has 0 amide bonds. The maximum atomic E-state index is 15.7. The number of piperazine rings is 1. The number of nitrogens with zero attached hydrogens (tertiary/aromatic N) is 3. The number of carbonyl (C=O) groups is 2. The largest absolute Gasteiger partial charge is 0.477 e. The Morgan fingerprint density at radius 2 is 1.90 bits per heavy atom. The number of aromatic nitrogens is 1. The summed E-state index contributed by atoms with van der Waals surface area (Å²) in [5, 5.41) is 9.42. The van der Waals surface area contributed by atoms with Crippen LogP contribution in [0.25, 0.3) is 10.9 Å². The van der Waals surface area contributed by atoms with Gasteiger partial charge in [0.1, 0.15) is 11.3 Å². The number of benzene rings is 1. The minimum atomic E-state index is -1.34. The molecule has 1 aromatic carbocycles. The molecule has 9 heteroatoms. The van der Waals surface area contributed by atoms with Gasteiger partial charge in [-0.25, -0.2) is 9.18 Å². The molecule has 0 radical (unpaired) electrons. The summed E-state index contributed by atoms with van der Waals surface area (Å²) < 4.78 is 17.3. The molecule has 2 heterocycles. The van der Waals surface area contributed by atoms with Gasteiger partial charge in [0.25, 0.3) is 0 Å². The summed E-state index contributed by atoms with van der Waals surface area (Å²) in [4.78, 5) is 39.3. The zero-order valence-electron chi connectivity index (χ0n) is 16.0. The fourth-order valence-electron chi connectivity index (χ4n) is 3.96. The average molecular weight is 422 g/mol. The number of halogens is 2. The lowest BCUT2D eigenvalue weighted by Crippen LogP contribution is -2.48. The Kier molecular flexibility index (Phi) is 5.08. The van der Waals surface area contributed by atoms with E-state index in [0.29, 0.717) is 32.7 Å². The number of rotatable bonds is 5. The van der Waals surface area contributed by atoms with E-state index in [-0.39, 0.29) is 39.0 Å². The van der Waals surface area contributed by atoms with E-state index in [1.54, 1.807) is 4.57 Å². The summed E-state index contributed by atoms with van der Waals surface area (Å²) in [6, 6.07) is 1.36. The Hall–Kier alpha value is -2.45. The lowest BCUT2D eigenvalue weighted by Gasteiger charge is -2.36. The van der Waals surface area contributed by atoms with E-state index in [0.717, 1.165) is 12.8 Å². The summed E-state index contributed by atoms with van der Waals surface area (Å²) in [7, 11) is 0. The highest BCUT2D eigenvalue weighted by molar-refractivity contribution is 6.34. The second-order valence-electron chi connectivity index (χ2n) is 7.70. The molecule has 0 unspecified atom stereocenters. The van der Waals surface area contributed by atoms with Crippen LogP contribution < -0.4 is 10.3 Å². The number of carbonyl (C=O) groups excluding carboxylic acids is 1. The van der Waals surface area contributed by atoms with Crippen molar-refractivity contribution < 1.29 is 19.1 Å². The van der Waals surface area contributed by atoms with Crippen molar-refractivity contribution in [1.82, 2.24) is 9.47 Å². The van der Waals surface area contributed by atoms with Crippen LogP contribution in [-0.4, -0.2) is 59.0 Å². The number of aromatic carboxylic acids is 1. The van der Waals surface area contributed by atoms with E-state index >= 15 is 4.39 Å². The van der Waals surface area contributed by atoms with Crippen LogP contribution in [0, 0.1) is 5.82 Å². The predicted molar refractivity (Wildman–Crippen MR) is 108 cm³/mol. The van der Waals surface area contributed by atoms with Crippen molar-refractivity contribution in [3.05, 3.63) is 38.9 Å². The number of hydrogen-bond acceptors (Lipinski definition) is 5. The maximum Gasteiger partial charge on any atom is 0.341 e. The van der Waals surface area contributed by atoms with Gasteiger partial charge in [0.15, 0.2) is 5.82 Å². The first-order valence-corrected chi connectivity index (χ1v) is 9.92. The third-order valence-corrected chi connectivity index (χ3v) is 5.78. The van der Waals surface area contributed by atoms with Gasteiger partial charge in [-0.3, -0.25) is 14.5 Å². The fourth-order valence-corrected chi connectivity index (χ4v) is 4.27. The van der Waals surface area contributed by atoms with E-state index in [2.05, 4.69) is 0 Å². The highest BCUT2D eigenvalue weighted by Crippen LogP contribution is 2.41. The molecule has 0 atom stereocenters. The number of fused-ring (bicyclic) bond motifs is 1. The molecular weight excluding hydrogens is 401 g/mol. The van der Waals surface area contributed by atoms with E-state index in [1.807, 2.05) is 9.80 Å². The lowest BCUT2D eigenvalue weighted by atomic mass is 10.1. The molecule has 1 saturated carbocycles. The number of ketones is 1. The summed E-state index contributed by atoms with van der Waals surface area (Å²) in [6.45, 7) is 4.09. The Bertz CT molecular complexity index is 1070. The second-order valence-corrected chi connectivity index (χ2v) is 8.11. The molecule has 2 fully saturated rings. The first-order valence-electron chi connectivity index (χ1n) is 9.54. The predicted octanol–water partition coefficient (Wildman–Crippen LogP) is 2.54. The van der Waals surface area contributed by atoms with Crippen LogP contribution in [0.1, 0.15) is 36.2 Å². The molecule has 0 bridgehead atoms. The molecule has 2 aromatic rings. The molecule has 1 aliphatic carbocycles. The molecule has 1 saturated heterocycles. The van der Waals surface area contributed by atoms with Crippen LogP contribution in [0.15, 0.2) is 17.1 Å². The van der Waals surface area contributed by atoms with Crippen LogP contribution in [0.2, 0.25) is 5.02 Å². The van der Waals surface area contributed by atoms with E-state index < -0.39 is 17.2 Å². The van der Waals surface area contributed by atoms with Gasteiger partial charge in [-0.1, -0.05) is 11.6 Å². The first kappa shape index (κ1) is 19.8. The molecule has 2 aliphatic rings. The molecule has 4 rings (SSSR count). The number of pyridine rings is 1. The monoisotopic (exact) mass is 421 g/mol. The quantitative estimate of drug-likeness (QED) is 0.798. The van der Waals surface area contributed by atoms with Gasteiger partial charge in [0.2, 0.25) is 5.43 Å². The third-order valence-electron chi connectivity index (χ3n) is 5.49. The Labute approximate surface area is 171 Å². The molecule has 0 spiro atoms. The molecule has 154 valence electrons. The first-order chi connectivity index (χ1) is 13.8. The number of carboxylic acids is 1. The Morgan fingerprint density at radius 1 is 1.24 bits per heavy atom. The van der Waals surface area contributed by atoms with Crippen LogP contribution in [0.4, 0.5) is 10.1 Å². The molecule has 29 heavy (non-hydrogen) atoms. The van der Waals surface area contributed by atoms with Crippen molar-refractivity contribution in [2.45, 2.75) is 25.8 Å². The summed E-state index contributed by atoms with van der Waals surface area (Å²) in [6.07, 6.45) is 2.85. The lowest BCUT2D eigenvalue weighted by molar-refractivity contribution is -0.118. The average Bonchev–Trinajstić information content (AvgIpc) is 3.48. The van der Waals surface area contributed by atoms with Crippen molar-refractivity contribution in [1.29, 1.82) is 0 Å². The van der Waals surface area contributed by atoms with Crippen molar-refractivity contribution >= 4 is 39.9 Å². The third kappa shape index (κ3) is 3.62. The number of hydrogen-bond donors (Lipinski definition) is 1. The highest BCUT2D eigenvalue weighted by atomic mass is 35.5. The number of carboxylic acid groups (broad SMARTS) is 1. The van der Waals surface area contributed by atoms with Gasteiger partial charge in [-0.05, 0) is 25.8 Å². The van der Waals surface area contributed by atoms with Crippen LogP contribution in [0.3, 0.4) is 0 Å². The highest BCUT2D eigenvalue weighted by Gasteiger charge is 2.31. The topological polar surface area (TPSA) is 82.8 Å². The minimum absolute atomic E-state index is 0.0155. The standard InChI is InChI=1S/C20H21ClFN3O4/c1-11(26)9-23-4-6-24(7-5-23)18-15(21)8-13-17(16(18)22)25(12-2-3-12)10-14(19(13)27)20(28)29/h8,10,12H,2-7,9H2,1H3,(H,28,29). The van der Waals surface area contributed by atoms with Gasteiger partial charge in [-0.15, -0.1) is 0 Å². The number of anilines is 1. The molecular formula is C20H21ClFN3O4. The van der Waals surface area contributed by atoms with Crippen LogP contribution in [-0.2, 0) is 4.79 Å². The smallest absolute Gasteiger partial charge is 0.341 e. The molecule has 1 aromatic heterocycles. The van der Waals surface area contributed by atoms with E-state index in [9.17, 15) is 19.5 Å². The zero-order chi connectivity index (χ0) is 20.9. The van der Waals surface area contributed by atoms with Crippen molar-refractivity contribution in [3.63, 3.8) is 0 Å². The molecule has 1 aliphatic heterocycles. The Morgan fingerprint density at radius 3 is 2.45 bits per heavy atom. The van der Waals surface area contributed by atoms with E-state index in [4.69, 9.17) is 11.6 Å². The summed E-state index contributed by atoms with van der Waals surface area (Å²) in [5.74, 6) is -1.86. The van der Waals surface area contributed by atoms with Gasteiger partial charge < -0.3 is 14.6 Å². The van der Waals surface area contributed by atoms with Crippen LogP contribution >= 0.6 is 11.6 Å². The van der Waals surface area contributed by atoms with Gasteiger partial charge in [-0.2, -0.15) is 0 Å². The van der Waals surface area contributed by atoms with Gasteiger partial charge in [0, 0.05) is 38.4 Å². The normalized spacial score (nSPS) is 17.7. The van der Waals surface area contributed by atoms with Gasteiger partial charge >= 0.3 is 5.97 Å². The fraction of sp³-hybridized carbons (Fsp3) is 0.450. The summed E-state index contributed by atoms with van der Waals surface area (Å²) >= 11 is 6.37. The van der Waals surface area contributed by atoms with Crippen molar-refractivity contribution in [2.24, 2.45) is 0 Å². The van der Waals surface area contributed by atoms with Crippen molar-refractivity contribution in [2.75, 3.05) is 37.6 Å². The SMILES string of the molecule is CC(=O)CN1CCN(c2c(Cl)cc3c(=O)c(C(=O)O)cn(C4CC4)c3c2F)CC1. The molecule has 1 N–H and O–H groups in total. The second kappa shape index (κ2) is 7.42. The summed E-state index contributed by atoms with van der Waals surface area (Å²) in [5.41, 5.74) is -0.792. The number of Topliss-reactive ketones (excluding diaryl/α,β-unsaturated/α-hetero) is 1. The minimum Gasteiger partial charge on any atom is -0.477 e. The van der Waals surface area contributed by atoms with E-state index in [1.165, 1.54) is 19.2 Å². The van der Waals surface area contributed by atoms with Gasteiger partial charge in [0.05, 0.1) is 28.2 Å².